The van der Waals surface area contributed by atoms with Crippen LogP contribution in [-0.4, -0.2) is 17.7 Å². The normalized spacial score (nSPS) is 15.5. The van der Waals surface area contributed by atoms with Crippen LogP contribution in [-0.2, 0) is 24.1 Å². The van der Waals surface area contributed by atoms with Crippen molar-refractivity contribution in [2.45, 2.75) is 19.3 Å². The second kappa shape index (κ2) is 3.63. The van der Waals surface area contributed by atoms with E-state index in [4.69, 9.17) is 4.74 Å². The van der Waals surface area contributed by atoms with Crippen LogP contribution in [0.5, 0.6) is 5.75 Å². The standard InChI is InChI=1S/C15H14N2O2/c1-19-11-4-5-12-9(6-11)2-3-10-8-17-13(15(10)12)7-14(18)16-17/h4-6,8H,2-3,7H2,1H3,(H,16,18). The summed E-state index contributed by atoms with van der Waals surface area (Å²) in [5.41, 5.74) is 9.06. The number of fused-ring (bicyclic) bond motifs is 5. The average molecular weight is 254 g/mol. The van der Waals surface area contributed by atoms with E-state index in [0.717, 1.165) is 24.3 Å². The molecule has 2 aliphatic rings. The number of amides is 1. The van der Waals surface area contributed by atoms with Crippen LogP contribution in [0, 0.1) is 0 Å². The predicted molar refractivity (Wildman–Crippen MR) is 71.9 cm³/mol. The number of hydrogen-bond donors (Lipinski definition) is 1. The highest BCUT2D eigenvalue weighted by Crippen LogP contribution is 2.39. The van der Waals surface area contributed by atoms with E-state index in [1.807, 2.05) is 10.7 Å². The van der Waals surface area contributed by atoms with Crippen LogP contribution in [0.15, 0.2) is 24.4 Å². The lowest BCUT2D eigenvalue weighted by Crippen LogP contribution is -2.13. The van der Waals surface area contributed by atoms with Gasteiger partial charge in [-0.15, -0.1) is 0 Å². The number of ether oxygens (including phenoxy) is 1. The van der Waals surface area contributed by atoms with Gasteiger partial charge in [0.2, 0.25) is 5.91 Å². The molecule has 1 amide bonds. The Kier molecular flexibility index (Phi) is 2.04. The SMILES string of the molecule is COc1ccc2c(c1)CCc1cn3c(c1-2)CC(=O)N3. The van der Waals surface area contributed by atoms with Crippen molar-refractivity contribution < 1.29 is 9.53 Å². The summed E-state index contributed by atoms with van der Waals surface area (Å²) in [6.07, 6.45) is 4.58. The molecule has 19 heavy (non-hydrogen) atoms. The van der Waals surface area contributed by atoms with Gasteiger partial charge < -0.3 is 4.74 Å². The third kappa shape index (κ3) is 1.43. The van der Waals surface area contributed by atoms with E-state index in [9.17, 15) is 4.79 Å². The molecule has 0 saturated carbocycles. The number of aryl methyl sites for hydroxylation is 2. The highest BCUT2D eigenvalue weighted by atomic mass is 16.5. The van der Waals surface area contributed by atoms with E-state index in [2.05, 4.69) is 23.8 Å². The number of aromatic nitrogens is 1. The van der Waals surface area contributed by atoms with Crippen LogP contribution >= 0.6 is 0 Å². The van der Waals surface area contributed by atoms with E-state index >= 15 is 0 Å². The molecule has 2 heterocycles. The number of nitrogens with one attached hydrogen (secondary N) is 1. The van der Waals surface area contributed by atoms with Crippen molar-refractivity contribution in [3.8, 4) is 16.9 Å². The Bertz CT molecular complexity index is 700. The maximum Gasteiger partial charge on any atom is 0.244 e. The predicted octanol–water partition coefficient (Wildman–Crippen LogP) is 1.89. The Morgan fingerprint density at radius 2 is 2.11 bits per heavy atom. The fourth-order valence-corrected chi connectivity index (χ4v) is 3.14. The topological polar surface area (TPSA) is 43.3 Å². The number of methoxy groups -OCH3 is 1. The van der Waals surface area contributed by atoms with Crippen LogP contribution in [0.3, 0.4) is 0 Å². The molecule has 4 rings (SSSR count). The Morgan fingerprint density at radius 1 is 1.26 bits per heavy atom. The van der Waals surface area contributed by atoms with Crippen molar-refractivity contribution in [2.75, 3.05) is 12.5 Å². The first-order valence-electron chi connectivity index (χ1n) is 6.46. The summed E-state index contributed by atoms with van der Waals surface area (Å²) in [5.74, 6) is 0.964. The lowest BCUT2D eigenvalue weighted by Gasteiger charge is -2.18. The lowest BCUT2D eigenvalue weighted by atomic mass is 9.86. The molecular formula is C15H14N2O2. The Labute approximate surface area is 111 Å². The van der Waals surface area contributed by atoms with E-state index in [1.165, 1.54) is 22.3 Å². The molecule has 1 aliphatic heterocycles. The van der Waals surface area contributed by atoms with Crippen molar-refractivity contribution in [3.05, 3.63) is 41.2 Å². The maximum absolute atomic E-state index is 11.5. The summed E-state index contributed by atoms with van der Waals surface area (Å²) in [4.78, 5) is 11.5. The second-order valence-electron chi connectivity index (χ2n) is 5.08. The quantitative estimate of drug-likeness (QED) is 0.844. The van der Waals surface area contributed by atoms with E-state index < -0.39 is 0 Å². The Morgan fingerprint density at radius 3 is 2.95 bits per heavy atom. The summed E-state index contributed by atoms with van der Waals surface area (Å²) in [6.45, 7) is 0. The molecule has 0 fully saturated rings. The number of carbonyl (C=O) groups excluding carboxylic acids is 1. The zero-order valence-corrected chi connectivity index (χ0v) is 10.7. The van der Waals surface area contributed by atoms with Crippen molar-refractivity contribution in [3.63, 3.8) is 0 Å². The third-order valence-electron chi connectivity index (χ3n) is 4.00. The van der Waals surface area contributed by atoms with Gasteiger partial charge in [0.05, 0.1) is 19.2 Å². The Hall–Kier alpha value is -2.23. The van der Waals surface area contributed by atoms with Crippen LogP contribution < -0.4 is 10.2 Å². The Balaban J connectivity index is 1.92. The van der Waals surface area contributed by atoms with Gasteiger partial charge in [0.25, 0.3) is 0 Å². The van der Waals surface area contributed by atoms with E-state index in [0.29, 0.717) is 6.42 Å². The zero-order chi connectivity index (χ0) is 13.0. The van der Waals surface area contributed by atoms with Crippen LogP contribution in [0.1, 0.15) is 16.8 Å². The van der Waals surface area contributed by atoms with Gasteiger partial charge in [-0.1, -0.05) is 6.07 Å². The van der Waals surface area contributed by atoms with Gasteiger partial charge >= 0.3 is 0 Å². The molecular weight excluding hydrogens is 240 g/mol. The van der Waals surface area contributed by atoms with Gasteiger partial charge in [-0.2, -0.15) is 0 Å². The first-order chi connectivity index (χ1) is 9.26. The van der Waals surface area contributed by atoms with Crippen molar-refractivity contribution in [2.24, 2.45) is 0 Å². The highest BCUT2D eigenvalue weighted by Gasteiger charge is 2.28. The summed E-state index contributed by atoms with van der Waals surface area (Å²) in [5, 5.41) is 0. The van der Waals surface area contributed by atoms with Crippen molar-refractivity contribution in [1.29, 1.82) is 0 Å². The molecule has 1 aromatic heterocycles. The molecule has 2 aromatic rings. The minimum absolute atomic E-state index is 0.0680. The van der Waals surface area contributed by atoms with E-state index in [1.54, 1.807) is 7.11 Å². The molecule has 1 aliphatic carbocycles. The summed E-state index contributed by atoms with van der Waals surface area (Å²) < 4.78 is 7.17. The van der Waals surface area contributed by atoms with Gasteiger partial charge in [-0.3, -0.25) is 14.9 Å². The minimum Gasteiger partial charge on any atom is -0.497 e. The molecule has 0 unspecified atom stereocenters. The lowest BCUT2D eigenvalue weighted by molar-refractivity contribution is -0.115. The largest absolute Gasteiger partial charge is 0.497 e. The van der Waals surface area contributed by atoms with Crippen molar-refractivity contribution in [1.82, 2.24) is 4.68 Å². The zero-order valence-electron chi connectivity index (χ0n) is 10.7. The monoisotopic (exact) mass is 254 g/mol. The van der Waals surface area contributed by atoms with Crippen LogP contribution in [0.4, 0.5) is 0 Å². The maximum atomic E-state index is 11.5. The van der Waals surface area contributed by atoms with E-state index in [-0.39, 0.29) is 5.91 Å². The second-order valence-corrected chi connectivity index (χ2v) is 5.08. The molecule has 4 nitrogen and oxygen atoms in total. The average Bonchev–Trinajstić information content (AvgIpc) is 2.93. The summed E-state index contributed by atoms with van der Waals surface area (Å²) >= 11 is 0. The molecule has 4 heteroatoms. The number of nitrogens with zero attached hydrogens (tertiary/aromatic N) is 1. The fraction of sp³-hybridized carbons (Fsp3) is 0.267. The van der Waals surface area contributed by atoms with Gasteiger partial charge in [0.15, 0.2) is 0 Å². The third-order valence-corrected chi connectivity index (χ3v) is 4.00. The molecule has 0 radical (unpaired) electrons. The molecule has 1 aromatic carbocycles. The molecule has 0 bridgehead atoms. The van der Waals surface area contributed by atoms with Gasteiger partial charge in [0.1, 0.15) is 5.75 Å². The summed E-state index contributed by atoms with van der Waals surface area (Å²) in [6, 6.07) is 6.20. The number of rotatable bonds is 1. The number of hydrogen-bond acceptors (Lipinski definition) is 2. The van der Waals surface area contributed by atoms with Gasteiger partial charge in [-0.05, 0) is 41.7 Å². The number of carbonyl (C=O) groups is 1. The van der Waals surface area contributed by atoms with Crippen LogP contribution in [0.25, 0.3) is 11.1 Å². The highest BCUT2D eigenvalue weighted by molar-refractivity contribution is 5.92. The first-order valence-corrected chi connectivity index (χ1v) is 6.46. The van der Waals surface area contributed by atoms with Gasteiger partial charge in [0, 0.05) is 11.8 Å². The first kappa shape index (κ1) is 10.7. The minimum atomic E-state index is 0.0680. The molecule has 0 saturated heterocycles. The molecule has 0 atom stereocenters. The van der Waals surface area contributed by atoms with Crippen LogP contribution in [0.2, 0.25) is 0 Å². The molecule has 0 spiro atoms. The summed E-state index contributed by atoms with van der Waals surface area (Å²) in [7, 11) is 1.69. The number of benzene rings is 1. The molecule has 1 N–H and O–H groups in total. The van der Waals surface area contributed by atoms with Gasteiger partial charge in [-0.25, -0.2) is 0 Å². The fourth-order valence-electron chi connectivity index (χ4n) is 3.14. The van der Waals surface area contributed by atoms with Crippen molar-refractivity contribution >= 4 is 5.91 Å². The molecule has 96 valence electrons. The smallest absolute Gasteiger partial charge is 0.244 e.